The molecule has 8 nitrogen and oxygen atoms in total. The van der Waals surface area contributed by atoms with Crippen LogP contribution in [0.15, 0.2) is 41.5 Å². The largest absolute Gasteiger partial charge is 0.402 e. The van der Waals surface area contributed by atoms with Crippen LogP contribution < -0.4 is 4.57 Å². The molecule has 160 valence electrons. The van der Waals surface area contributed by atoms with Crippen molar-refractivity contribution in [2.24, 2.45) is 4.99 Å². The summed E-state index contributed by atoms with van der Waals surface area (Å²) in [6.45, 7) is 1.75. The summed E-state index contributed by atoms with van der Waals surface area (Å²) in [6.07, 6.45) is 7.77. The van der Waals surface area contributed by atoms with Crippen LogP contribution in [-0.2, 0) is 4.79 Å². The van der Waals surface area contributed by atoms with Gasteiger partial charge in [-0.05, 0) is 32.6 Å². The Labute approximate surface area is 180 Å². The van der Waals surface area contributed by atoms with Crippen molar-refractivity contribution in [2.75, 3.05) is 13.6 Å². The molecule has 8 heteroatoms. The number of imide groups is 1. The number of likely N-dealkylation sites (N-methyl/N-ethyl adjacent to an activating group) is 1. The van der Waals surface area contributed by atoms with Gasteiger partial charge in [0.1, 0.15) is 11.9 Å². The van der Waals surface area contributed by atoms with Gasteiger partial charge in [0.05, 0.1) is 12.6 Å². The second-order valence-electron chi connectivity index (χ2n) is 8.57. The number of carbonyl (C=O) groups is 3. The minimum absolute atomic E-state index is 0.268. The van der Waals surface area contributed by atoms with Crippen LogP contribution in [0, 0.1) is 6.92 Å². The number of hydrogen-bond acceptors (Lipinski definition) is 4. The topological polar surface area (TPSA) is 78.9 Å². The fraction of sp³-hybridized carbons (Fsp3) is 0.435. The average Bonchev–Trinajstić information content (AvgIpc) is 3.30. The van der Waals surface area contributed by atoms with Crippen molar-refractivity contribution in [1.29, 1.82) is 0 Å². The molecule has 1 aromatic carbocycles. The molecular weight excluding hydrogens is 394 g/mol. The molecule has 1 aromatic heterocycles. The Hall–Kier alpha value is -3.29. The third-order valence-electron chi connectivity index (χ3n) is 6.59. The highest BCUT2D eigenvalue weighted by atomic mass is 16.2. The summed E-state index contributed by atoms with van der Waals surface area (Å²) in [4.78, 5) is 46.3. The van der Waals surface area contributed by atoms with Gasteiger partial charge in [-0.1, -0.05) is 41.7 Å². The molecule has 0 bridgehead atoms. The van der Waals surface area contributed by atoms with Crippen molar-refractivity contribution in [3.05, 3.63) is 47.8 Å². The molecule has 1 saturated carbocycles. The Kier molecular flexibility index (Phi) is 4.72. The molecule has 1 aliphatic carbocycles. The monoisotopic (exact) mass is 420 g/mol. The van der Waals surface area contributed by atoms with E-state index in [-0.39, 0.29) is 12.3 Å². The van der Waals surface area contributed by atoms with Gasteiger partial charge in [0, 0.05) is 12.6 Å². The quantitative estimate of drug-likeness (QED) is 0.564. The highest BCUT2D eigenvalue weighted by Gasteiger charge is 2.53. The van der Waals surface area contributed by atoms with Crippen LogP contribution in [0.1, 0.15) is 60.2 Å². The summed E-state index contributed by atoms with van der Waals surface area (Å²) in [5.74, 6) is 0.470. The molecule has 0 radical (unpaired) electrons. The van der Waals surface area contributed by atoms with Gasteiger partial charge in [-0.15, -0.1) is 0 Å². The number of benzene rings is 1. The SMILES string of the molecule is Cc1c[n+]2c(n1C1CCCCC1)N=C1C2C(=O)N(CC(=O)c2ccccc2)C(=O)N1C. The Bertz CT molecular complexity index is 1100. The van der Waals surface area contributed by atoms with Crippen LogP contribution in [0.3, 0.4) is 0 Å². The van der Waals surface area contributed by atoms with Crippen molar-refractivity contribution in [3.8, 4) is 0 Å². The summed E-state index contributed by atoms with van der Waals surface area (Å²) in [6, 6.07) is 7.85. The van der Waals surface area contributed by atoms with Crippen LogP contribution in [0.2, 0.25) is 0 Å². The van der Waals surface area contributed by atoms with Crippen LogP contribution in [0.25, 0.3) is 0 Å². The third kappa shape index (κ3) is 3.08. The summed E-state index contributed by atoms with van der Waals surface area (Å²) in [5, 5.41) is 0. The van der Waals surface area contributed by atoms with Gasteiger partial charge in [0.2, 0.25) is 11.9 Å². The summed E-state index contributed by atoms with van der Waals surface area (Å²) < 4.78 is 4.08. The predicted molar refractivity (Wildman–Crippen MR) is 113 cm³/mol. The zero-order valence-corrected chi connectivity index (χ0v) is 17.8. The van der Waals surface area contributed by atoms with E-state index in [1.54, 1.807) is 31.3 Å². The van der Waals surface area contributed by atoms with Crippen LogP contribution in [0.5, 0.6) is 0 Å². The zero-order valence-electron chi connectivity index (χ0n) is 17.8. The first-order chi connectivity index (χ1) is 15.0. The molecule has 2 aromatic rings. The van der Waals surface area contributed by atoms with E-state index in [9.17, 15) is 14.4 Å². The van der Waals surface area contributed by atoms with E-state index in [1.807, 2.05) is 23.8 Å². The van der Waals surface area contributed by atoms with Crippen molar-refractivity contribution >= 4 is 29.5 Å². The van der Waals surface area contributed by atoms with Crippen LogP contribution in [-0.4, -0.2) is 51.5 Å². The standard InChI is InChI=1S/C23H26N5O3/c1-15-13-26-19-20(24-22(26)28(15)17-11-7-4-8-12-17)25(2)23(31)27(21(19)30)14-18(29)16-9-5-3-6-10-16/h3,5-6,9-10,13,17,19H,4,7-8,11-12,14H2,1-2H3/q+1. The number of carbonyl (C=O) groups excluding carboxylic acids is 3. The molecule has 3 heterocycles. The number of amides is 3. The lowest BCUT2D eigenvalue weighted by molar-refractivity contribution is -0.677. The molecule has 1 unspecified atom stereocenters. The fourth-order valence-corrected chi connectivity index (χ4v) is 5.00. The number of Topliss-reactive ketones (excluding diaryl/α,β-unsaturated/α-hetero) is 1. The average molecular weight is 420 g/mol. The number of urea groups is 1. The highest BCUT2D eigenvalue weighted by Crippen LogP contribution is 2.36. The molecule has 2 aliphatic heterocycles. The van der Waals surface area contributed by atoms with E-state index in [1.165, 1.54) is 24.2 Å². The Morgan fingerprint density at radius 3 is 2.55 bits per heavy atom. The summed E-state index contributed by atoms with van der Waals surface area (Å²) in [5.41, 5.74) is 1.54. The predicted octanol–water partition coefficient (Wildman–Crippen LogP) is 2.95. The zero-order chi connectivity index (χ0) is 21.7. The number of rotatable bonds is 4. The molecule has 3 amide bonds. The van der Waals surface area contributed by atoms with Gasteiger partial charge in [0.25, 0.3) is 5.91 Å². The smallest absolute Gasteiger partial charge is 0.292 e. The molecule has 3 aliphatic rings. The number of imidazole rings is 1. The first-order valence-electron chi connectivity index (χ1n) is 10.9. The number of fused-ring (bicyclic) bond motifs is 3. The molecular formula is C23H26N5O3+. The van der Waals surface area contributed by atoms with Crippen LogP contribution >= 0.6 is 0 Å². The van der Waals surface area contributed by atoms with E-state index in [0.29, 0.717) is 23.4 Å². The van der Waals surface area contributed by atoms with E-state index in [0.717, 1.165) is 23.4 Å². The Morgan fingerprint density at radius 1 is 1.13 bits per heavy atom. The number of hydrogen-bond donors (Lipinski definition) is 0. The van der Waals surface area contributed by atoms with Gasteiger partial charge >= 0.3 is 12.0 Å². The normalized spacial score (nSPS) is 21.2. The summed E-state index contributed by atoms with van der Waals surface area (Å²) in [7, 11) is 1.62. The lowest BCUT2D eigenvalue weighted by Gasteiger charge is -2.32. The number of aromatic nitrogens is 2. The van der Waals surface area contributed by atoms with Crippen LogP contribution in [0.4, 0.5) is 10.7 Å². The number of aryl methyl sites for hydroxylation is 1. The van der Waals surface area contributed by atoms with Crippen molar-refractivity contribution in [2.45, 2.75) is 51.1 Å². The summed E-state index contributed by atoms with van der Waals surface area (Å²) >= 11 is 0. The van der Waals surface area contributed by atoms with Crippen molar-refractivity contribution in [3.63, 3.8) is 0 Å². The van der Waals surface area contributed by atoms with Gasteiger partial charge in [0.15, 0.2) is 5.78 Å². The van der Waals surface area contributed by atoms with Gasteiger partial charge < -0.3 is 0 Å². The molecule has 0 spiro atoms. The van der Waals surface area contributed by atoms with Crippen molar-refractivity contribution < 1.29 is 19.0 Å². The maximum absolute atomic E-state index is 13.4. The van der Waals surface area contributed by atoms with E-state index in [4.69, 9.17) is 4.99 Å². The number of nitrogens with zero attached hydrogens (tertiary/aromatic N) is 5. The molecule has 31 heavy (non-hydrogen) atoms. The lowest BCUT2D eigenvalue weighted by Crippen LogP contribution is -2.63. The third-order valence-corrected chi connectivity index (χ3v) is 6.59. The maximum atomic E-state index is 13.4. The molecule has 1 atom stereocenters. The second kappa shape index (κ2) is 7.44. The van der Waals surface area contributed by atoms with Gasteiger partial charge in [-0.2, -0.15) is 0 Å². The lowest BCUT2D eigenvalue weighted by atomic mass is 9.95. The molecule has 5 rings (SSSR count). The van der Waals surface area contributed by atoms with Crippen molar-refractivity contribution in [1.82, 2.24) is 14.4 Å². The number of aliphatic imine (C=N–C) groups is 1. The van der Waals surface area contributed by atoms with E-state index in [2.05, 4.69) is 4.57 Å². The first kappa shape index (κ1) is 19.7. The van der Waals surface area contributed by atoms with Gasteiger partial charge in [-0.25, -0.2) is 13.9 Å². The minimum Gasteiger partial charge on any atom is -0.292 e. The number of amidine groups is 1. The highest BCUT2D eigenvalue weighted by molar-refractivity contribution is 6.20. The molecule has 1 saturated heterocycles. The minimum atomic E-state index is -0.718. The fourth-order valence-electron chi connectivity index (χ4n) is 5.00. The Balaban J connectivity index is 1.48. The second-order valence-corrected chi connectivity index (χ2v) is 8.57. The molecule has 2 fully saturated rings. The number of ketones is 1. The van der Waals surface area contributed by atoms with E-state index >= 15 is 0 Å². The molecule has 0 N–H and O–H groups in total. The first-order valence-corrected chi connectivity index (χ1v) is 10.9. The van der Waals surface area contributed by atoms with E-state index < -0.39 is 18.0 Å². The maximum Gasteiger partial charge on any atom is 0.402 e. The Morgan fingerprint density at radius 2 is 1.84 bits per heavy atom. The van der Waals surface area contributed by atoms with Gasteiger partial charge in [-0.3, -0.25) is 19.4 Å².